The molecule has 3 aromatic rings. The highest BCUT2D eigenvalue weighted by Crippen LogP contribution is 2.36. The number of rotatable bonds is 2. The van der Waals surface area contributed by atoms with Gasteiger partial charge in [-0.2, -0.15) is 0 Å². The Morgan fingerprint density at radius 1 is 0.810 bits per heavy atom. The third-order valence-electron chi connectivity index (χ3n) is 3.71. The van der Waals surface area contributed by atoms with Crippen LogP contribution in [0.2, 0.25) is 5.02 Å². The van der Waals surface area contributed by atoms with E-state index in [-0.39, 0.29) is 5.38 Å². The summed E-state index contributed by atoms with van der Waals surface area (Å²) in [5.74, 6) is 0. The number of halogens is 2. The summed E-state index contributed by atoms with van der Waals surface area (Å²) in [6.07, 6.45) is 0. The molecule has 1 atom stereocenters. The van der Waals surface area contributed by atoms with E-state index in [1.807, 2.05) is 30.3 Å². The Bertz CT molecular complexity index is 786. The van der Waals surface area contributed by atoms with E-state index in [4.69, 9.17) is 23.2 Å². The summed E-state index contributed by atoms with van der Waals surface area (Å²) in [6.45, 7) is 4.19. The van der Waals surface area contributed by atoms with Gasteiger partial charge in [0.25, 0.3) is 0 Å². The van der Waals surface area contributed by atoms with Crippen LogP contribution in [0, 0.1) is 13.8 Å². The van der Waals surface area contributed by atoms with Crippen LogP contribution in [0.3, 0.4) is 0 Å². The molecule has 21 heavy (non-hydrogen) atoms. The third-order valence-corrected chi connectivity index (χ3v) is 4.53. The molecule has 0 saturated carbocycles. The molecule has 3 aromatic carbocycles. The predicted molar refractivity (Wildman–Crippen MR) is 92.6 cm³/mol. The second-order valence-corrected chi connectivity index (χ2v) is 6.31. The van der Waals surface area contributed by atoms with Crippen LogP contribution in [0.1, 0.15) is 27.6 Å². The van der Waals surface area contributed by atoms with Gasteiger partial charge in [0, 0.05) is 10.4 Å². The fourth-order valence-electron chi connectivity index (χ4n) is 2.84. The van der Waals surface area contributed by atoms with Crippen molar-refractivity contribution in [3.63, 3.8) is 0 Å². The number of hydrogen-bond acceptors (Lipinski definition) is 0. The minimum absolute atomic E-state index is 0.175. The maximum absolute atomic E-state index is 6.76. The largest absolute Gasteiger partial charge is 0.113 e. The van der Waals surface area contributed by atoms with Gasteiger partial charge in [-0.15, -0.1) is 11.6 Å². The first kappa shape index (κ1) is 14.4. The Morgan fingerprint density at radius 3 is 2.10 bits per heavy atom. The van der Waals surface area contributed by atoms with Crippen molar-refractivity contribution in [1.82, 2.24) is 0 Å². The first-order valence-electron chi connectivity index (χ1n) is 6.95. The van der Waals surface area contributed by atoms with Gasteiger partial charge in [-0.3, -0.25) is 0 Å². The molecule has 0 amide bonds. The van der Waals surface area contributed by atoms with Crippen molar-refractivity contribution in [2.45, 2.75) is 19.2 Å². The predicted octanol–water partition coefficient (Wildman–Crippen LogP) is 6.44. The minimum atomic E-state index is -0.175. The Labute approximate surface area is 135 Å². The van der Waals surface area contributed by atoms with Crippen molar-refractivity contribution in [1.29, 1.82) is 0 Å². The summed E-state index contributed by atoms with van der Waals surface area (Å²) >= 11 is 13.1. The third kappa shape index (κ3) is 2.79. The molecule has 3 rings (SSSR count). The molecular weight excluding hydrogens is 299 g/mol. The molecule has 2 heteroatoms. The van der Waals surface area contributed by atoms with E-state index in [1.165, 1.54) is 11.1 Å². The van der Waals surface area contributed by atoms with Crippen LogP contribution >= 0.6 is 23.2 Å². The Balaban J connectivity index is 2.18. The molecule has 0 aliphatic heterocycles. The van der Waals surface area contributed by atoms with E-state index in [2.05, 4.69) is 38.1 Å². The van der Waals surface area contributed by atoms with Crippen molar-refractivity contribution >= 4 is 34.0 Å². The molecule has 1 unspecified atom stereocenters. The van der Waals surface area contributed by atoms with E-state index < -0.39 is 0 Å². The second-order valence-electron chi connectivity index (χ2n) is 5.47. The zero-order valence-corrected chi connectivity index (χ0v) is 13.5. The van der Waals surface area contributed by atoms with Gasteiger partial charge in [0.15, 0.2) is 0 Å². The lowest BCUT2D eigenvalue weighted by Gasteiger charge is -2.15. The van der Waals surface area contributed by atoms with Gasteiger partial charge >= 0.3 is 0 Å². The zero-order valence-electron chi connectivity index (χ0n) is 12.0. The van der Waals surface area contributed by atoms with Crippen LogP contribution in [0.15, 0.2) is 54.6 Å². The van der Waals surface area contributed by atoms with Gasteiger partial charge in [-0.05, 0) is 36.4 Å². The van der Waals surface area contributed by atoms with Crippen LogP contribution in [0.5, 0.6) is 0 Å². The van der Waals surface area contributed by atoms with Crippen LogP contribution < -0.4 is 0 Å². The van der Waals surface area contributed by atoms with Gasteiger partial charge in [0.05, 0.1) is 5.38 Å². The number of aryl methyl sites for hydroxylation is 2. The van der Waals surface area contributed by atoms with E-state index in [0.717, 1.165) is 26.9 Å². The highest BCUT2D eigenvalue weighted by Gasteiger charge is 2.15. The molecule has 106 valence electrons. The summed E-state index contributed by atoms with van der Waals surface area (Å²) in [4.78, 5) is 0. The maximum atomic E-state index is 6.76. The minimum Gasteiger partial charge on any atom is -0.113 e. The smallest absolute Gasteiger partial charge is 0.0841 e. The normalized spacial score (nSPS) is 12.6. The molecule has 0 spiro atoms. The molecular formula is C19H16Cl2. The van der Waals surface area contributed by atoms with Crippen molar-refractivity contribution < 1.29 is 0 Å². The first-order chi connectivity index (χ1) is 10.1. The summed E-state index contributed by atoms with van der Waals surface area (Å²) in [6, 6.07) is 18.5. The SMILES string of the molecule is Cc1cc(C)cc(C(Cl)c2ccc(Cl)c3ccccc23)c1. The fourth-order valence-corrected chi connectivity index (χ4v) is 3.39. The highest BCUT2D eigenvalue weighted by atomic mass is 35.5. The second kappa shape index (κ2) is 5.71. The molecule has 0 saturated heterocycles. The van der Waals surface area contributed by atoms with Crippen molar-refractivity contribution in [3.05, 3.63) is 81.9 Å². The monoisotopic (exact) mass is 314 g/mol. The topological polar surface area (TPSA) is 0 Å². The number of fused-ring (bicyclic) bond motifs is 1. The maximum Gasteiger partial charge on any atom is 0.0841 e. The average molecular weight is 315 g/mol. The number of hydrogen-bond donors (Lipinski definition) is 0. The van der Waals surface area contributed by atoms with Gasteiger partial charge in [-0.1, -0.05) is 71.3 Å². The van der Waals surface area contributed by atoms with E-state index >= 15 is 0 Å². The van der Waals surface area contributed by atoms with Gasteiger partial charge in [0.2, 0.25) is 0 Å². The molecule has 0 aliphatic carbocycles. The summed E-state index contributed by atoms with van der Waals surface area (Å²) in [5.41, 5.74) is 4.69. The summed E-state index contributed by atoms with van der Waals surface area (Å²) in [7, 11) is 0. The van der Waals surface area contributed by atoms with Crippen LogP contribution in [-0.4, -0.2) is 0 Å². The fraction of sp³-hybridized carbons (Fsp3) is 0.158. The summed E-state index contributed by atoms with van der Waals surface area (Å²) in [5, 5.41) is 2.75. The lowest BCUT2D eigenvalue weighted by atomic mass is 9.96. The van der Waals surface area contributed by atoms with Gasteiger partial charge in [-0.25, -0.2) is 0 Å². The number of alkyl halides is 1. The van der Waals surface area contributed by atoms with Crippen LogP contribution in [-0.2, 0) is 0 Å². The van der Waals surface area contributed by atoms with Crippen molar-refractivity contribution in [2.75, 3.05) is 0 Å². The lowest BCUT2D eigenvalue weighted by molar-refractivity contribution is 1.14. The molecule has 0 fully saturated rings. The molecule has 0 N–H and O–H groups in total. The van der Waals surface area contributed by atoms with E-state index in [1.54, 1.807) is 0 Å². The lowest BCUT2D eigenvalue weighted by Crippen LogP contribution is -1.96. The average Bonchev–Trinajstić information content (AvgIpc) is 2.46. The molecule has 0 heterocycles. The standard InChI is InChI=1S/C19H16Cl2/c1-12-9-13(2)11-14(10-12)19(21)17-7-8-18(20)16-6-4-3-5-15(16)17/h3-11,19H,1-2H3. The quantitative estimate of drug-likeness (QED) is 0.477. The molecule has 0 aromatic heterocycles. The highest BCUT2D eigenvalue weighted by molar-refractivity contribution is 6.36. The van der Waals surface area contributed by atoms with E-state index in [0.29, 0.717) is 0 Å². The van der Waals surface area contributed by atoms with Crippen molar-refractivity contribution in [3.8, 4) is 0 Å². The van der Waals surface area contributed by atoms with Crippen LogP contribution in [0.25, 0.3) is 10.8 Å². The van der Waals surface area contributed by atoms with Crippen molar-refractivity contribution in [2.24, 2.45) is 0 Å². The summed E-state index contributed by atoms with van der Waals surface area (Å²) < 4.78 is 0. The molecule has 0 radical (unpaired) electrons. The molecule has 0 aliphatic rings. The number of benzene rings is 3. The van der Waals surface area contributed by atoms with Crippen LogP contribution in [0.4, 0.5) is 0 Å². The Kier molecular flexibility index (Phi) is 3.93. The Hall–Kier alpha value is -1.50. The van der Waals surface area contributed by atoms with Gasteiger partial charge in [0.1, 0.15) is 0 Å². The first-order valence-corrected chi connectivity index (χ1v) is 7.77. The van der Waals surface area contributed by atoms with Gasteiger partial charge < -0.3 is 0 Å². The Morgan fingerprint density at radius 2 is 1.43 bits per heavy atom. The molecule has 0 nitrogen and oxygen atoms in total. The zero-order chi connectivity index (χ0) is 15.0. The molecule has 0 bridgehead atoms. The van der Waals surface area contributed by atoms with E-state index in [9.17, 15) is 0 Å².